The summed E-state index contributed by atoms with van der Waals surface area (Å²) in [5.74, 6) is 0.577. The summed E-state index contributed by atoms with van der Waals surface area (Å²) < 4.78 is 7.88. The fourth-order valence-electron chi connectivity index (χ4n) is 5.04. The molecule has 2 aliphatic rings. The van der Waals surface area contributed by atoms with Crippen LogP contribution in [0.3, 0.4) is 0 Å². The lowest BCUT2D eigenvalue weighted by atomic mass is 10.0. The molecule has 1 saturated carbocycles. The number of carbonyl (C=O) groups excluding carboxylic acids is 2. The van der Waals surface area contributed by atoms with Crippen LogP contribution in [0.25, 0.3) is 11.1 Å². The Labute approximate surface area is 200 Å². The molecule has 3 aromatic rings. The summed E-state index contributed by atoms with van der Waals surface area (Å²) in [6, 6.07) is 19.7. The molecule has 0 saturated heterocycles. The molecule has 176 valence electrons. The van der Waals surface area contributed by atoms with Crippen molar-refractivity contribution in [2.24, 2.45) is 0 Å². The van der Waals surface area contributed by atoms with Gasteiger partial charge in [-0.25, -0.2) is 0 Å². The molecule has 0 spiro atoms. The zero-order chi connectivity index (χ0) is 23.3. The van der Waals surface area contributed by atoms with E-state index in [1.807, 2.05) is 65.6 Å². The zero-order valence-corrected chi connectivity index (χ0v) is 19.4. The van der Waals surface area contributed by atoms with Gasteiger partial charge < -0.3 is 19.5 Å². The molecule has 2 amide bonds. The second kappa shape index (κ2) is 10.2. The first-order valence-corrected chi connectivity index (χ1v) is 12.2. The van der Waals surface area contributed by atoms with E-state index in [0.717, 1.165) is 55.5 Å². The molecule has 1 fully saturated rings. The summed E-state index contributed by atoms with van der Waals surface area (Å²) in [7, 11) is 0. The number of amides is 2. The summed E-state index contributed by atoms with van der Waals surface area (Å²) in [4.78, 5) is 28.5. The predicted molar refractivity (Wildman–Crippen MR) is 132 cm³/mol. The van der Waals surface area contributed by atoms with E-state index in [2.05, 4.69) is 16.1 Å². The Kier molecular flexibility index (Phi) is 6.65. The lowest BCUT2D eigenvalue weighted by Gasteiger charge is -2.21. The highest BCUT2D eigenvalue weighted by Crippen LogP contribution is 2.31. The molecule has 6 nitrogen and oxygen atoms in total. The SMILES string of the molecule is O=C(NC1CCCC1)c1c(-c2ccccc2)cn2c1CN(C(=O)COc1ccccc1)CCC2. The molecule has 6 heteroatoms. The number of carbonyl (C=O) groups is 2. The third-order valence-corrected chi connectivity index (χ3v) is 6.82. The van der Waals surface area contributed by atoms with Gasteiger partial charge in [-0.3, -0.25) is 9.59 Å². The standard InChI is InChI=1S/C28H31N3O3/c32-26(20-34-23-14-5-2-6-15-23)31-17-9-16-30-18-24(21-10-3-1-4-11-21)27(25(30)19-31)28(33)29-22-12-7-8-13-22/h1-6,10-11,14-15,18,22H,7-9,12-13,16-17,19-20H2,(H,29,33). The summed E-state index contributed by atoms with van der Waals surface area (Å²) in [6.07, 6.45) is 7.30. The number of benzene rings is 2. The molecule has 1 N–H and O–H groups in total. The number of nitrogens with one attached hydrogen (secondary N) is 1. The van der Waals surface area contributed by atoms with Gasteiger partial charge in [0.25, 0.3) is 11.8 Å². The molecular formula is C28H31N3O3. The van der Waals surface area contributed by atoms with Crippen LogP contribution in [0.2, 0.25) is 0 Å². The van der Waals surface area contributed by atoms with E-state index in [0.29, 0.717) is 24.4 Å². The Morgan fingerprint density at radius 1 is 0.912 bits per heavy atom. The molecule has 1 aliphatic heterocycles. The van der Waals surface area contributed by atoms with Crippen molar-refractivity contribution in [3.63, 3.8) is 0 Å². The number of fused-ring (bicyclic) bond motifs is 1. The molecule has 1 aliphatic carbocycles. The number of hydrogen-bond donors (Lipinski definition) is 1. The topological polar surface area (TPSA) is 63.6 Å². The van der Waals surface area contributed by atoms with E-state index in [4.69, 9.17) is 4.74 Å². The molecule has 5 rings (SSSR count). The van der Waals surface area contributed by atoms with Crippen LogP contribution in [-0.2, 0) is 17.9 Å². The zero-order valence-electron chi connectivity index (χ0n) is 19.4. The summed E-state index contributed by atoms with van der Waals surface area (Å²) in [5.41, 5.74) is 3.55. The van der Waals surface area contributed by atoms with Crippen molar-refractivity contribution in [1.82, 2.24) is 14.8 Å². The molecule has 2 aromatic carbocycles. The van der Waals surface area contributed by atoms with Crippen molar-refractivity contribution in [2.45, 2.75) is 51.2 Å². The minimum Gasteiger partial charge on any atom is -0.484 e. The van der Waals surface area contributed by atoms with Crippen molar-refractivity contribution in [3.8, 4) is 16.9 Å². The first-order valence-electron chi connectivity index (χ1n) is 12.2. The molecule has 34 heavy (non-hydrogen) atoms. The maximum atomic E-state index is 13.6. The van der Waals surface area contributed by atoms with Crippen LogP contribution in [0.4, 0.5) is 0 Å². The van der Waals surface area contributed by atoms with Gasteiger partial charge in [-0.05, 0) is 37.0 Å². The minimum absolute atomic E-state index is 0.0140. The van der Waals surface area contributed by atoms with Crippen LogP contribution in [-0.4, -0.2) is 40.5 Å². The number of para-hydroxylation sites is 1. The number of aryl methyl sites for hydroxylation is 1. The number of hydrogen-bond acceptors (Lipinski definition) is 3. The van der Waals surface area contributed by atoms with Crippen LogP contribution in [0.15, 0.2) is 66.9 Å². The van der Waals surface area contributed by atoms with Gasteiger partial charge in [0.2, 0.25) is 0 Å². The van der Waals surface area contributed by atoms with Gasteiger partial charge in [0.15, 0.2) is 6.61 Å². The minimum atomic E-state index is -0.0677. The van der Waals surface area contributed by atoms with Crippen LogP contribution < -0.4 is 10.1 Å². The second-order valence-electron chi connectivity index (χ2n) is 9.15. The number of nitrogens with zero attached hydrogens (tertiary/aromatic N) is 2. The van der Waals surface area contributed by atoms with E-state index in [9.17, 15) is 9.59 Å². The highest BCUT2D eigenvalue weighted by Gasteiger charge is 2.29. The first kappa shape index (κ1) is 22.3. The Bertz CT molecular complexity index is 1130. The molecule has 0 bridgehead atoms. The molecule has 0 radical (unpaired) electrons. The normalized spacial score (nSPS) is 16.1. The van der Waals surface area contributed by atoms with Crippen molar-refractivity contribution >= 4 is 11.8 Å². The van der Waals surface area contributed by atoms with Crippen LogP contribution in [0.1, 0.15) is 48.2 Å². The van der Waals surface area contributed by atoms with E-state index in [1.54, 1.807) is 0 Å². The molecule has 1 aromatic heterocycles. The maximum Gasteiger partial charge on any atom is 0.260 e. The van der Waals surface area contributed by atoms with Crippen LogP contribution in [0.5, 0.6) is 5.75 Å². The Hall–Kier alpha value is -3.54. The average Bonchev–Trinajstić information content (AvgIpc) is 3.46. The average molecular weight is 458 g/mol. The highest BCUT2D eigenvalue weighted by atomic mass is 16.5. The largest absolute Gasteiger partial charge is 0.484 e. The quantitative estimate of drug-likeness (QED) is 0.587. The van der Waals surface area contributed by atoms with Gasteiger partial charge in [0.05, 0.1) is 17.8 Å². The van der Waals surface area contributed by atoms with Gasteiger partial charge in [-0.15, -0.1) is 0 Å². The van der Waals surface area contributed by atoms with Gasteiger partial charge in [-0.2, -0.15) is 0 Å². The highest BCUT2D eigenvalue weighted by molar-refractivity contribution is 6.02. The summed E-state index contributed by atoms with van der Waals surface area (Å²) >= 11 is 0. The van der Waals surface area contributed by atoms with Gasteiger partial charge in [0.1, 0.15) is 5.75 Å². The van der Waals surface area contributed by atoms with Gasteiger partial charge >= 0.3 is 0 Å². The summed E-state index contributed by atoms with van der Waals surface area (Å²) in [6.45, 7) is 1.80. The van der Waals surface area contributed by atoms with Crippen molar-refractivity contribution in [3.05, 3.63) is 78.1 Å². The van der Waals surface area contributed by atoms with Gasteiger partial charge in [0, 0.05) is 30.9 Å². The molecule has 0 atom stereocenters. The Morgan fingerprint density at radius 2 is 1.62 bits per heavy atom. The monoisotopic (exact) mass is 457 g/mol. The number of ether oxygens (including phenoxy) is 1. The third-order valence-electron chi connectivity index (χ3n) is 6.82. The van der Waals surface area contributed by atoms with Gasteiger partial charge in [-0.1, -0.05) is 61.4 Å². The molecular weight excluding hydrogens is 426 g/mol. The molecule has 0 unspecified atom stereocenters. The molecule has 2 heterocycles. The second-order valence-corrected chi connectivity index (χ2v) is 9.15. The van der Waals surface area contributed by atoms with Crippen molar-refractivity contribution < 1.29 is 14.3 Å². The number of aromatic nitrogens is 1. The van der Waals surface area contributed by atoms with Crippen LogP contribution >= 0.6 is 0 Å². The smallest absolute Gasteiger partial charge is 0.260 e. The fourth-order valence-corrected chi connectivity index (χ4v) is 5.04. The Balaban J connectivity index is 1.42. The predicted octanol–water partition coefficient (Wildman–Crippen LogP) is 4.64. The van der Waals surface area contributed by atoms with Crippen molar-refractivity contribution in [1.29, 1.82) is 0 Å². The Morgan fingerprint density at radius 3 is 2.35 bits per heavy atom. The lowest BCUT2D eigenvalue weighted by Crippen LogP contribution is -2.36. The van der Waals surface area contributed by atoms with Crippen molar-refractivity contribution in [2.75, 3.05) is 13.2 Å². The van der Waals surface area contributed by atoms with Crippen LogP contribution in [0, 0.1) is 0 Å². The number of rotatable bonds is 6. The summed E-state index contributed by atoms with van der Waals surface area (Å²) in [5, 5.41) is 3.27. The fraction of sp³-hybridized carbons (Fsp3) is 0.357. The van der Waals surface area contributed by atoms with E-state index in [-0.39, 0.29) is 24.5 Å². The lowest BCUT2D eigenvalue weighted by molar-refractivity contribution is -0.134. The first-order chi connectivity index (χ1) is 16.7. The van der Waals surface area contributed by atoms with E-state index < -0.39 is 0 Å². The van der Waals surface area contributed by atoms with E-state index >= 15 is 0 Å². The maximum absolute atomic E-state index is 13.6. The third kappa shape index (κ3) is 4.86. The van der Waals surface area contributed by atoms with E-state index in [1.165, 1.54) is 0 Å².